The van der Waals surface area contributed by atoms with E-state index in [4.69, 9.17) is 21.1 Å². The zero-order chi connectivity index (χ0) is 26.9. The van der Waals surface area contributed by atoms with Crippen molar-refractivity contribution in [2.45, 2.75) is 43.3 Å². The molecule has 1 aliphatic carbocycles. The van der Waals surface area contributed by atoms with Crippen LogP contribution >= 0.6 is 11.6 Å². The van der Waals surface area contributed by atoms with Crippen LogP contribution in [0.3, 0.4) is 0 Å². The van der Waals surface area contributed by atoms with E-state index in [0.717, 1.165) is 37.2 Å². The Hall–Kier alpha value is -3.56. The molecule has 2 unspecified atom stereocenters. The fourth-order valence-corrected chi connectivity index (χ4v) is 6.81. The number of benzene rings is 2. The maximum atomic E-state index is 13.1. The van der Waals surface area contributed by atoms with Crippen LogP contribution in [0.2, 0.25) is 5.02 Å². The first kappa shape index (κ1) is 24.5. The number of fused-ring (bicyclic) bond motifs is 4. The molecular weight excluding hydrogens is 516 g/mol. The lowest BCUT2D eigenvalue weighted by atomic mass is 10.0. The minimum Gasteiger partial charge on any atom is -0.494 e. The number of anilines is 3. The summed E-state index contributed by atoms with van der Waals surface area (Å²) in [5, 5.41) is 3.51. The summed E-state index contributed by atoms with van der Waals surface area (Å²) in [7, 11) is 5.72. The van der Waals surface area contributed by atoms with Crippen molar-refractivity contribution in [1.29, 1.82) is 0 Å². The first-order valence-electron chi connectivity index (χ1n) is 13.4. The molecule has 1 spiro atoms. The highest BCUT2D eigenvalue weighted by molar-refractivity contribution is 6.31. The zero-order valence-corrected chi connectivity index (χ0v) is 23.0. The summed E-state index contributed by atoms with van der Waals surface area (Å²) in [6, 6.07) is 13.0. The summed E-state index contributed by atoms with van der Waals surface area (Å²) in [6.07, 6.45) is 5.85. The van der Waals surface area contributed by atoms with Crippen molar-refractivity contribution in [1.82, 2.24) is 19.8 Å². The van der Waals surface area contributed by atoms with Gasteiger partial charge in [-0.05, 0) is 56.5 Å². The molecule has 3 fully saturated rings. The van der Waals surface area contributed by atoms with Gasteiger partial charge in [0.05, 0.1) is 30.1 Å². The molecule has 1 amide bonds. The van der Waals surface area contributed by atoms with E-state index in [0.29, 0.717) is 35.1 Å². The number of carbonyl (C=O) groups excluding carboxylic acids is 1. The number of hydrogen-bond acceptors (Lipinski definition) is 8. The lowest BCUT2D eigenvalue weighted by Gasteiger charge is -2.41. The fourth-order valence-electron chi connectivity index (χ4n) is 6.68. The third-order valence-electron chi connectivity index (χ3n) is 8.72. The summed E-state index contributed by atoms with van der Waals surface area (Å²) in [4.78, 5) is 28.8. The van der Waals surface area contributed by atoms with Crippen LogP contribution in [-0.4, -0.2) is 72.1 Å². The Morgan fingerprint density at radius 2 is 1.85 bits per heavy atom. The van der Waals surface area contributed by atoms with E-state index < -0.39 is 0 Å². The number of aromatic nitrogens is 2. The van der Waals surface area contributed by atoms with Crippen LogP contribution in [0.4, 0.5) is 17.3 Å². The van der Waals surface area contributed by atoms with Crippen molar-refractivity contribution in [3.8, 4) is 17.4 Å². The van der Waals surface area contributed by atoms with Crippen LogP contribution in [0.1, 0.15) is 41.6 Å². The van der Waals surface area contributed by atoms with E-state index in [1.807, 2.05) is 30.1 Å². The average molecular weight is 547 g/mol. The number of halogens is 1. The van der Waals surface area contributed by atoms with Gasteiger partial charge >= 0.3 is 0 Å². The molecule has 4 heterocycles. The number of amides is 1. The quantitative estimate of drug-likeness (QED) is 0.461. The molecule has 2 aromatic carbocycles. The van der Waals surface area contributed by atoms with Crippen molar-refractivity contribution in [3.63, 3.8) is 0 Å². The Bertz CT molecular complexity index is 1460. The molecule has 2 bridgehead atoms. The highest BCUT2D eigenvalue weighted by atomic mass is 35.5. The molecule has 4 aliphatic rings. The molecule has 39 heavy (non-hydrogen) atoms. The molecule has 2 atom stereocenters. The summed E-state index contributed by atoms with van der Waals surface area (Å²) in [5.41, 5.74) is 3.30. The maximum absolute atomic E-state index is 13.1. The van der Waals surface area contributed by atoms with Crippen LogP contribution in [0.5, 0.6) is 17.4 Å². The predicted octanol–water partition coefficient (Wildman–Crippen LogP) is 5.03. The van der Waals surface area contributed by atoms with E-state index in [-0.39, 0.29) is 22.3 Å². The van der Waals surface area contributed by atoms with Gasteiger partial charge in [-0.3, -0.25) is 4.79 Å². The standard InChI is InChI=1S/C29H31ClN6O3/c1-34-15-18-7-8-19(16-34)36(18)17-9-10-22(24(13-17)38-3)32-28-31-14-21(30)26(33-28)39-23-6-4-5-20-25(23)27(37)35(2)29(20)11-12-29/h4-6,9-10,13-14,18-19H,7-8,11-12,15-16H2,1-3H3,(H,31,32,33). The van der Waals surface area contributed by atoms with Gasteiger partial charge in [0, 0.05) is 44.0 Å². The van der Waals surface area contributed by atoms with E-state index in [1.165, 1.54) is 24.7 Å². The van der Waals surface area contributed by atoms with Gasteiger partial charge in [0.1, 0.15) is 16.5 Å². The Morgan fingerprint density at radius 1 is 1.08 bits per heavy atom. The SMILES string of the molecule is COc1cc(N2C3CCC2CN(C)C3)ccc1Nc1ncc(Cl)c(Oc2cccc3c2C(=O)N(C)C32CC2)n1. The molecule has 1 aromatic heterocycles. The maximum Gasteiger partial charge on any atom is 0.258 e. The van der Waals surface area contributed by atoms with Crippen LogP contribution in [0.25, 0.3) is 0 Å². The van der Waals surface area contributed by atoms with Crippen molar-refractivity contribution in [2.75, 3.05) is 44.5 Å². The second kappa shape index (κ2) is 8.99. The van der Waals surface area contributed by atoms with Gasteiger partial charge in [0.15, 0.2) is 0 Å². The number of likely N-dealkylation sites (tertiary alicyclic amines) is 1. The Labute approximate surface area is 232 Å². The van der Waals surface area contributed by atoms with E-state index in [2.05, 4.69) is 44.3 Å². The van der Waals surface area contributed by atoms with Gasteiger partial charge in [-0.25, -0.2) is 4.98 Å². The van der Waals surface area contributed by atoms with Crippen molar-refractivity contribution in [3.05, 3.63) is 58.7 Å². The minimum atomic E-state index is -0.194. The molecule has 7 rings (SSSR count). The molecule has 202 valence electrons. The lowest BCUT2D eigenvalue weighted by Crippen LogP contribution is -2.52. The summed E-state index contributed by atoms with van der Waals surface area (Å²) >= 11 is 6.44. The smallest absolute Gasteiger partial charge is 0.258 e. The predicted molar refractivity (Wildman–Crippen MR) is 150 cm³/mol. The number of likely N-dealkylation sites (N-methyl/N-ethyl adjacent to an activating group) is 1. The molecule has 1 N–H and O–H groups in total. The first-order chi connectivity index (χ1) is 18.9. The van der Waals surface area contributed by atoms with Crippen LogP contribution < -0.4 is 19.7 Å². The number of methoxy groups -OCH3 is 1. The summed E-state index contributed by atoms with van der Waals surface area (Å²) in [5.74, 6) is 1.61. The second-order valence-corrected chi connectivity index (χ2v) is 11.5. The average Bonchev–Trinajstić information content (AvgIpc) is 3.65. The number of nitrogens with one attached hydrogen (secondary N) is 1. The monoisotopic (exact) mass is 546 g/mol. The molecule has 1 saturated carbocycles. The van der Waals surface area contributed by atoms with Gasteiger partial charge in [-0.1, -0.05) is 23.7 Å². The van der Waals surface area contributed by atoms with Gasteiger partial charge in [-0.15, -0.1) is 0 Å². The van der Waals surface area contributed by atoms with Gasteiger partial charge < -0.3 is 29.5 Å². The van der Waals surface area contributed by atoms with Crippen LogP contribution in [0.15, 0.2) is 42.6 Å². The summed E-state index contributed by atoms with van der Waals surface area (Å²) < 4.78 is 11.9. The van der Waals surface area contributed by atoms with Crippen molar-refractivity contribution < 1.29 is 14.3 Å². The number of nitrogens with zero attached hydrogens (tertiary/aromatic N) is 5. The number of carbonyl (C=O) groups is 1. The topological polar surface area (TPSA) is 83.1 Å². The normalized spacial score (nSPS) is 22.8. The second-order valence-electron chi connectivity index (χ2n) is 11.0. The summed E-state index contributed by atoms with van der Waals surface area (Å²) in [6.45, 7) is 2.15. The third-order valence-corrected chi connectivity index (χ3v) is 8.98. The molecule has 9 nitrogen and oxygen atoms in total. The Morgan fingerprint density at radius 3 is 2.56 bits per heavy atom. The van der Waals surface area contributed by atoms with Crippen molar-refractivity contribution in [2.24, 2.45) is 0 Å². The highest BCUT2D eigenvalue weighted by Crippen LogP contribution is 2.57. The van der Waals surface area contributed by atoms with E-state index in [1.54, 1.807) is 13.2 Å². The Kier molecular flexibility index (Phi) is 5.64. The number of piperazine rings is 1. The lowest BCUT2D eigenvalue weighted by molar-refractivity contribution is 0.0753. The molecule has 3 aliphatic heterocycles. The first-order valence-corrected chi connectivity index (χ1v) is 13.8. The third kappa shape index (κ3) is 3.90. The van der Waals surface area contributed by atoms with E-state index >= 15 is 0 Å². The van der Waals surface area contributed by atoms with Crippen LogP contribution in [0, 0.1) is 0 Å². The van der Waals surface area contributed by atoms with Crippen LogP contribution in [-0.2, 0) is 5.54 Å². The molecule has 0 radical (unpaired) electrons. The Balaban J connectivity index is 1.15. The van der Waals surface area contributed by atoms with Gasteiger partial charge in [0.2, 0.25) is 11.8 Å². The molecule has 10 heteroatoms. The fraction of sp³-hybridized carbons (Fsp3) is 0.414. The molecule has 2 saturated heterocycles. The van der Waals surface area contributed by atoms with E-state index in [9.17, 15) is 4.79 Å². The zero-order valence-electron chi connectivity index (χ0n) is 22.3. The molecular formula is C29H31ClN6O3. The van der Waals surface area contributed by atoms with Gasteiger partial charge in [-0.2, -0.15) is 4.98 Å². The number of hydrogen-bond donors (Lipinski definition) is 1. The number of ether oxygens (including phenoxy) is 2. The molecule has 3 aromatic rings. The van der Waals surface area contributed by atoms with Crippen molar-refractivity contribution >= 4 is 34.8 Å². The number of rotatable bonds is 6. The highest BCUT2D eigenvalue weighted by Gasteiger charge is 2.57. The van der Waals surface area contributed by atoms with Gasteiger partial charge in [0.25, 0.3) is 5.91 Å². The largest absolute Gasteiger partial charge is 0.494 e. The minimum absolute atomic E-state index is 0.0414.